The van der Waals surface area contributed by atoms with E-state index in [1.807, 2.05) is 7.05 Å². The monoisotopic (exact) mass is 373 g/mol. The van der Waals surface area contributed by atoms with E-state index in [0.717, 1.165) is 13.1 Å². The van der Waals surface area contributed by atoms with E-state index in [4.69, 9.17) is 9.47 Å². The van der Waals surface area contributed by atoms with Crippen LogP contribution in [-0.2, 0) is 10.0 Å². The minimum absolute atomic E-state index is 0.00596. The van der Waals surface area contributed by atoms with Gasteiger partial charge in [-0.3, -0.25) is 10.1 Å². The van der Waals surface area contributed by atoms with E-state index in [9.17, 15) is 18.5 Å². The molecule has 0 bridgehead atoms. The second-order valence-corrected chi connectivity index (χ2v) is 7.90. The Morgan fingerprint density at radius 1 is 1.20 bits per heavy atom. The van der Waals surface area contributed by atoms with Gasteiger partial charge in [0.2, 0.25) is 10.0 Å². The molecule has 0 amide bonds. The van der Waals surface area contributed by atoms with Crippen LogP contribution < -0.4 is 9.47 Å². The molecule has 1 heterocycles. The number of ether oxygens (including phenoxy) is 2. The Labute approximate surface area is 147 Å². The van der Waals surface area contributed by atoms with Crippen molar-refractivity contribution >= 4 is 15.7 Å². The molecule has 0 saturated carbocycles. The lowest BCUT2D eigenvalue weighted by Crippen LogP contribution is -2.47. The molecular weight excluding hydrogens is 350 g/mol. The fourth-order valence-corrected chi connectivity index (χ4v) is 3.97. The first-order valence-electron chi connectivity index (χ1n) is 7.95. The highest BCUT2D eigenvalue weighted by atomic mass is 32.2. The van der Waals surface area contributed by atoms with Gasteiger partial charge in [-0.2, -0.15) is 4.31 Å². The number of rotatable bonds is 8. The van der Waals surface area contributed by atoms with Crippen LogP contribution in [0.15, 0.2) is 18.2 Å². The highest BCUT2D eigenvalue weighted by Gasteiger charge is 2.25. The maximum atomic E-state index is 12.3. The lowest BCUT2D eigenvalue weighted by Gasteiger charge is -2.31. The average Bonchev–Trinajstić information content (AvgIpc) is 2.59. The average molecular weight is 373 g/mol. The Morgan fingerprint density at radius 2 is 1.88 bits per heavy atom. The molecule has 0 aliphatic carbocycles. The topological polar surface area (TPSA) is 102 Å². The Balaban J connectivity index is 1.85. The number of sulfonamides is 1. The van der Waals surface area contributed by atoms with Crippen molar-refractivity contribution in [2.75, 3.05) is 52.7 Å². The number of benzene rings is 1. The molecule has 0 atom stereocenters. The normalized spacial score (nSPS) is 16.6. The minimum atomic E-state index is -3.29. The predicted octanol–water partition coefficient (Wildman–Crippen LogP) is 0.949. The van der Waals surface area contributed by atoms with Crippen LogP contribution in [-0.4, -0.2) is 75.2 Å². The molecule has 10 heteroatoms. The van der Waals surface area contributed by atoms with Gasteiger partial charge in [0, 0.05) is 32.2 Å². The fourth-order valence-electron chi connectivity index (χ4n) is 2.51. The summed E-state index contributed by atoms with van der Waals surface area (Å²) in [5, 5.41) is 10.8. The number of nitrogens with zero attached hydrogens (tertiary/aromatic N) is 3. The summed E-state index contributed by atoms with van der Waals surface area (Å²) in [4.78, 5) is 12.3. The molecule has 0 N–H and O–H groups in total. The van der Waals surface area contributed by atoms with Crippen molar-refractivity contribution in [1.29, 1.82) is 0 Å². The van der Waals surface area contributed by atoms with Crippen molar-refractivity contribution in [3.8, 4) is 11.5 Å². The molecule has 25 heavy (non-hydrogen) atoms. The molecule has 1 aliphatic heterocycles. The zero-order valence-corrected chi connectivity index (χ0v) is 15.2. The molecule has 1 aromatic carbocycles. The number of piperazine rings is 1. The Hall–Kier alpha value is -1.91. The molecule has 0 spiro atoms. The molecule has 1 aliphatic rings. The zero-order valence-electron chi connectivity index (χ0n) is 14.4. The van der Waals surface area contributed by atoms with Crippen molar-refractivity contribution in [3.63, 3.8) is 0 Å². The first kappa shape index (κ1) is 19.4. The summed E-state index contributed by atoms with van der Waals surface area (Å²) in [6, 6.07) is 4.04. The van der Waals surface area contributed by atoms with E-state index in [-0.39, 0.29) is 23.8 Å². The summed E-state index contributed by atoms with van der Waals surface area (Å²) < 4.78 is 36.7. The van der Waals surface area contributed by atoms with Gasteiger partial charge in [0.15, 0.2) is 11.5 Å². The second-order valence-electron chi connectivity index (χ2n) is 5.81. The number of likely N-dealkylation sites (N-methyl/N-ethyl adjacent to an activating group) is 1. The van der Waals surface area contributed by atoms with Crippen molar-refractivity contribution in [2.24, 2.45) is 0 Å². The zero-order chi connectivity index (χ0) is 18.4. The quantitative estimate of drug-likeness (QED) is 0.380. The molecule has 0 aromatic heterocycles. The summed E-state index contributed by atoms with van der Waals surface area (Å²) in [5.74, 6) is 0.604. The lowest BCUT2D eigenvalue weighted by atomic mass is 10.3. The van der Waals surface area contributed by atoms with E-state index in [2.05, 4.69) is 4.90 Å². The SMILES string of the molecule is COc1cc([N+](=O)[O-])ccc1OCCCS(=O)(=O)N1CCN(C)CC1. The van der Waals surface area contributed by atoms with E-state index in [1.165, 1.54) is 29.6 Å². The molecule has 1 aromatic rings. The first-order valence-corrected chi connectivity index (χ1v) is 9.56. The van der Waals surface area contributed by atoms with E-state index in [0.29, 0.717) is 25.3 Å². The maximum Gasteiger partial charge on any atom is 0.273 e. The van der Waals surface area contributed by atoms with E-state index >= 15 is 0 Å². The molecule has 140 valence electrons. The molecule has 0 unspecified atom stereocenters. The maximum absolute atomic E-state index is 12.3. The molecule has 0 radical (unpaired) electrons. The molecule has 2 rings (SSSR count). The van der Waals surface area contributed by atoms with E-state index in [1.54, 1.807) is 0 Å². The highest BCUT2D eigenvalue weighted by molar-refractivity contribution is 7.89. The number of hydrogen-bond donors (Lipinski definition) is 0. The third-order valence-electron chi connectivity index (χ3n) is 4.02. The number of nitro benzene ring substituents is 1. The van der Waals surface area contributed by atoms with Gasteiger partial charge in [-0.1, -0.05) is 0 Å². The number of nitro groups is 1. The molecule has 1 saturated heterocycles. The number of non-ortho nitro benzene ring substituents is 1. The van der Waals surface area contributed by atoms with Crippen LogP contribution in [0.4, 0.5) is 5.69 Å². The molecule has 9 nitrogen and oxygen atoms in total. The van der Waals surface area contributed by atoms with Gasteiger partial charge in [0.1, 0.15) is 0 Å². The highest BCUT2D eigenvalue weighted by Crippen LogP contribution is 2.31. The van der Waals surface area contributed by atoms with Crippen LogP contribution in [0, 0.1) is 10.1 Å². The van der Waals surface area contributed by atoms with Gasteiger partial charge in [-0.05, 0) is 19.5 Å². The standard InChI is InChI=1S/C15H23N3O6S/c1-16-6-8-17(9-7-16)25(21,22)11-3-10-24-14-5-4-13(18(19)20)12-15(14)23-2/h4-5,12H,3,6-11H2,1-2H3. The smallest absolute Gasteiger partial charge is 0.273 e. The summed E-state index contributed by atoms with van der Waals surface area (Å²) in [5.41, 5.74) is -0.0955. The van der Waals surface area contributed by atoms with Crippen LogP contribution in [0.1, 0.15) is 6.42 Å². The van der Waals surface area contributed by atoms with Gasteiger partial charge < -0.3 is 14.4 Å². The largest absolute Gasteiger partial charge is 0.493 e. The van der Waals surface area contributed by atoms with Crippen LogP contribution in [0.3, 0.4) is 0 Å². The number of methoxy groups -OCH3 is 1. The Morgan fingerprint density at radius 3 is 2.48 bits per heavy atom. The first-order chi connectivity index (χ1) is 11.8. The van der Waals surface area contributed by atoms with Crippen molar-refractivity contribution in [2.45, 2.75) is 6.42 Å². The van der Waals surface area contributed by atoms with Crippen LogP contribution in [0.5, 0.6) is 11.5 Å². The van der Waals surface area contributed by atoms with Crippen molar-refractivity contribution < 1.29 is 22.8 Å². The van der Waals surface area contributed by atoms with E-state index < -0.39 is 14.9 Å². The van der Waals surface area contributed by atoms with Crippen LogP contribution >= 0.6 is 0 Å². The summed E-state index contributed by atoms with van der Waals surface area (Å²) in [6.07, 6.45) is 0.328. The Kier molecular flexibility index (Phi) is 6.57. The van der Waals surface area contributed by atoms with Crippen molar-refractivity contribution in [1.82, 2.24) is 9.21 Å². The summed E-state index contributed by atoms with van der Waals surface area (Å²) in [7, 11) is 0.0715. The van der Waals surface area contributed by atoms with Crippen LogP contribution in [0.25, 0.3) is 0 Å². The third-order valence-corrected chi connectivity index (χ3v) is 5.97. The van der Waals surface area contributed by atoms with Gasteiger partial charge in [0.25, 0.3) is 5.69 Å². The number of hydrogen-bond acceptors (Lipinski definition) is 7. The molecule has 1 fully saturated rings. The summed E-state index contributed by atoms with van der Waals surface area (Å²) >= 11 is 0. The fraction of sp³-hybridized carbons (Fsp3) is 0.600. The lowest BCUT2D eigenvalue weighted by molar-refractivity contribution is -0.385. The van der Waals surface area contributed by atoms with Crippen LogP contribution in [0.2, 0.25) is 0 Å². The predicted molar refractivity (Wildman–Crippen MR) is 92.6 cm³/mol. The van der Waals surface area contributed by atoms with Gasteiger partial charge in [-0.25, -0.2) is 8.42 Å². The molecular formula is C15H23N3O6S. The Bertz CT molecular complexity index is 701. The second kappa shape index (κ2) is 8.45. The van der Waals surface area contributed by atoms with Gasteiger partial charge >= 0.3 is 0 Å². The van der Waals surface area contributed by atoms with Crippen molar-refractivity contribution in [3.05, 3.63) is 28.3 Å². The third kappa shape index (κ3) is 5.28. The van der Waals surface area contributed by atoms with Gasteiger partial charge in [0.05, 0.1) is 30.5 Å². The minimum Gasteiger partial charge on any atom is -0.493 e. The van der Waals surface area contributed by atoms with Gasteiger partial charge in [-0.15, -0.1) is 0 Å². The summed E-state index contributed by atoms with van der Waals surface area (Å²) in [6.45, 7) is 2.67.